The number of nitrogens with one attached hydrogen (secondary N) is 1. The molecule has 0 aliphatic carbocycles. The first kappa shape index (κ1) is 13.4. The van der Waals surface area contributed by atoms with Crippen LogP contribution >= 0.6 is 0 Å². The van der Waals surface area contributed by atoms with Gasteiger partial charge in [-0.25, -0.2) is 0 Å². The average Bonchev–Trinajstić information content (AvgIpc) is 2.92. The highest BCUT2D eigenvalue weighted by Gasteiger charge is 2.16. The molecule has 1 heterocycles. The van der Waals surface area contributed by atoms with Crippen molar-refractivity contribution in [2.24, 2.45) is 0 Å². The van der Waals surface area contributed by atoms with Crippen LogP contribution in [0.4, 0.5) is 5.69 Å². The molecule has 0 saturated carbocycles. The van der Waals surface area contributed by atoms with Crippen LogP contribution in [0.2, 0.25) is 0 Å². The Labute approximate surface area is 123 Å². The minimum atomic E-state index is 0.192. The third kappa shape index (κ3) is 2.67. The van der Waals surface area contributed by atoms with Gasteiger partial charge in [0.25, 0.3) is 0 Å². The Hall–Kier alpha value is -2.56. The maximum atomic E-state index is 9.99. The number of hydrogen-bond acceptors (Lipinski definition) is 5. The van der Waals surface area contributed by atoms with E-state index in [9.17, 15) is 5.11 Å². The van der Waals surface area contributed by atoms with Gasteiger partial charge in [-0.1, -0.05) is 0 Å². The van der Waals surface area contributed by atoms with Gasteiger partial charge in [0.1, 0.15) is 11.5 Å². The Morgan fingerprint density at radius 2 is 1.95 bits per heavy atom. The first-order valence-electron chi connectivity index (χ1n) is 6.67. The molecular formula is C16H17NO4. The summed E-state index contributed by atoms with van der Waals surface area (Å²) in [4.78, 5) is 0. The lowest BCUT2D eigenvalue weighted by Gasteiger charge is -2.11. The van der Waals surface area contributed by atoms with Crippen LogP contribution in [0.25, 0.3) is 0 Å². The molecule has 3 rings (SSSR count). The molecular weight excluding hydrogens is 270 g/mol. The van der Waals surface area contributed by atoms with Crippen LogP contribution < -0.4 is 19.5 Å². The van der Waals surface area contributed by atoms with Crippen LogP contribution in [0.15, 0.2) is 30.3 Å². The molecule has 2 aromatic carbocycles. The second-order valence-corrected chi connectivity index (χ2v) is 4.87. The maximum Gasteiger partial charge on any atom is 0.231 e. The van der Waals surface area contributed by atoms with E-state index < -0.39 is 0 Å². The van der Waals surface area contributed by atoms with E-state index in [0.29, 0.717) is 18.0 Å². The van der Waals surface area contributed by atoms with Crippen molar-refractivity contribution < 1.29 is 19.3 Å². The summed E-state index contributed by atoms with van der Waals surface area (Å²) in [6, 6.07) is 9.23. The first-order chi connectivity index (χ1) is 10.2. The average molecular weight is 287 g/mol. The lowest BCUT2D eigenvalue weighted by molar-refractivity contribution is 0.174. The summed E-state index contributed by atoms with van der Waals surface area (Å²) in [7, 11) is 1.65. The molecule has 2 N–H and O–H groups in total. The minimum absolute atomic E-state index is 0.192. The highest BCUT2D eigenvalue weighted by Crippen LogP contribution is 2.37. The van der Waals surface area contributed by atoms with Crippen LogP contribution in [-0.4, -0.2) is 19.0 Å². The molecule has 0 radical (unpaired) electrons. The zero-order chi connectivity index (χ0) is 14.8. The van der Waals surface area contributed by atoms with Crippen molar-refractivity contribution in [1.82, 2.24) is 0 Å². The molecule has 0 fully saturated rings. The molecule has 1 aliphatic heterocycles. The molecule has 0 unspecified atom stereocenters. The third-order valence-corrected chi connectivity index (χ3v) is 3.45. The standard InChI is InChI=1S/C16H17NO4/c1-10-5-12(3-4-14(10)19-2)17-8-11-6-15-16(7-13(11)18)21-9-20-15/h3-7,17-18H,8-9H2,1-2H3. The number of aryl methyl sites for hydroxylation is 1. The molecule has 0 atom stereocenters. The van der Waals surface area contributed by atoms with E-state index in [-0.39, 0.29) is 12.5 Å². The molecule has 5 nitrogen and oxygen atoms in total. The lowest BCUT2D eigenvalue weighted by Crippen LogP contribution is -2.00. The summed E-state index contributed by atoms with van der Waals surface area (Å²) in [5.74, 6) is 2.29. The Balaban J connectivity index is 1.74. The Bertz CT molecular complexity index is 670. The number of phenols is 1. The fourth-order valence-corrected chi connectivity index (χ4v) is 2.30. The summed E-state index contributed by atoms with van der Waals surface area (Å²) in [6.45, 7) is 2.68. The van der Waals surface area contributed by atoms with Gasteiger partial charge >= 0.3 is 0 Å². The van der Waals surface area contributed by atoms with Gasteiger partial charge in [0, 0.05) is 23.9 Å². The molecule has 0 amide bonds. The van der Waals surface area contributed by atoms with Gasteiger partial charge in [-0.2, -0.15) is 0 Å². The second-order valence-electron chi connectivity index (χ2n) is 4.87. The normalized spacial score (nSPS) is 12.3. The smallest absolute Gasteiger partial charge is 0.231 e. The zero-order valence-corrected chi connectivity index (χ0v) is 12.0. The molecule has 110 valence electrons. The number of ether oxygens (including phenoxy) is 3. The van der Waals surface area contributed by atoms with Gasteiger partial charge in [-0.15, -0.1) is 0 Å². The number of rotatable bonds is 4. The van der Waals surface area contributed by atoms with E-state index in [1.54, 1.807) is 19.2 Å². The number of fused-ring (bicyclic) bond motifs is 1. The first-order valence-corrected chi connectivity index (χ1v) is 6.67. The van der Waals surface area contributed by atoms with E-state index in [0.717, 1.165) is 22.6 Å². The van der Waals surface area contributed by atoms with Gasteiger partial charge in [0.2, 0.25) is 6.79 Å². The fraction of sp³-hybridized carbons (Fsp3) is 0.250. The van der Waals surface area contributed by atoms with Crippen LogP contribution in [-0.2, 0) is 6.54 Å². The Morgan fingerprint density at radius 3 is 2.67 bits per heavy atom. The predicted molar refractivity (Wildman–Crippen MR) is 79.3 cm³/mol. The van der Waals surface area contributed by atoms with E-state index >= 15 is 0 Å². The highest BCUT2D eigenvalue weighted by molar-refractivity contribution is 5.54. The summed E-state index contributed by atoms with van der Waals surface area (Å²) >= 11 is 0. The molecule has 0 saturated heterocycles. The monoisotopic (exact) mass is 287 g/mol. The van der Waals surface area contributed by atoms with Crippen LogP contribution in [0.1, 0.15) is 11.1 Å². The van der Waals surface area contributed by atoms with Gasteiger partial charge in [-0.05, 0) is 36.8 Å². The summed E-state index contributed by atoms with van der Waals surface area (Å²) in [5, 5.41) is 13.3. The number of phenolic OH excluding ortho intramolecular Hbond substituents is 1. The molecule has 0 aromatic heterocycles. The third-order valence-electron chi connectivity index (χ3n) is 3.45. The van der Waals surface area contributed by atoms with Crippen LogP contribution in [0.3, 0.4) is 0 Å². The van der Waals surface area contributed by atoms with Crippen molar-refractivity contribution in [2.75, 3.05) is 19.2 Å². The number of aromatic hydroxyl groups is 1. The summed E-state index contributed by atoms with van der Waals surface area (Å²) in [6.07, 6.45) is 0. The lowest BCUT2D eigenvalue weighted by atomic mass is 10.1. The van der Waals surface area contributed by atoms with Gasteiger partial charge in [-0.3, -0.25) is 0 Å². The summed E-state index contributed by atoms with van der Waals surface area (Å²) < 4.78 is 15.8. The second kappa shape index (κ2) is 5.44. The largest absolute Gasteiger partial charge is 0.507 e. The number of benzene rings is 2. The Morgan fingerprint density at radius 1 is 1.19 bits per heavy atom. The van der Waals surface area contributed by atoms with Crippen molar-refractivity contribution in [1.29, 1.82) is 0 Å². The number of anilines is 1. The molecule has 2 aromatic rings. The highest BCUT2D eigenvalue weighted by atomic mass is 16.7. The van der Waals surface area contributed by atoms with Crippen molar-refractivity contribution in [3.8, 4) is 23.0 Å². The zero-order valence-electron chi connectivity index (χ0n) is 12.0. The molecule has 5 heteroatoms. The predicted octanol–water partition coefficient (Wildman–Crippen LogP) is 3.05. The quantitative estimate of drug-likeness (QED) is 0.905. The van der Waals surface area contributed by atoms with Gasteiger partial charge < -0.3 is 24.6 Å². The topological polar surface area (TPSA) is 60.0 Å². The minimum Gasteiger partial charge on any atom is -0.507 e. The molecule has 0 bridgehead atoms. The maximum absolute atomic E-state index is 9.99. The number of hydrogen-bond donors (Lipinski definition) is 2. The molecule has 0 spiro atoms. The van der Waals surface area contributed by atoms with Crippen molar-refractivity contribution in [2.45, 2.75) is 13.5 Å². The van der Waals surface area contributed by atoms with E-state index in [2.05, 4.69) is 5.32 Å². The van der Waals surface area contributed by atoms with Crippen LogP contribution in [0.5, 0.6) is 23.0 Å². The van der Waals surface area contributed by atoms with Crippen molar-refractivity contribution in [3.05, 3.63) is 41.5 Å². The van der Waals surface area contributed by atoms with Gasteiger partial charge in [0.15, 0.2) is 11.5 Å². The SMILES string of the molecule is COc1ccc(NCc2cc3c(cc2O)OCO3)cc1C. The van der Waals surface area contributed by atoms with E-state index in [4.69, 9.17) is 14.2 Å². The van der Waals surface area contributed by atoms with E-state index in [1.165, 1.54) is 0 Å². The van der Waals surface area contributed by atoms with E-state index in [1.807, 2.05) is 25.1 Å². The van der Waals surface area contributed by atoms with Crippen molar-refractivity contribution in [3.63, 3.8) is 0 Å². The van der Waals surface area contributed by atoms with Crippen LogP contribution in [0, 0.1) is 6.92 Å². The molecule has 21 heavy (non-hydrogen) atoms. The molecule has 1 aliphatic rings. The Kier molecular flexibility index (Phi) is 3.48. The van der Waals surface area contributed by atoms with Crippen molar-refractivity contribution >= 4 is 5.69 Å². The fourth-order valence-electron chi connectivity index (χ4n) is 2.30. The van der Waals surface area contributed by atoms with Gasteiger partial charge in [0.05, 0.1) is 7.11 Å². The number of methoxy groups -OCH3 is 1. The summed E-state index contributed by atoms with van der Waals surface area (Å²) in [5.41, 5.74) is 2.77.